The van der Waals surface area contributed by atoms with Crippen LogP contribution in [-0.4, -0.2) is 39.7 Å². The molecular weight excluding hydrogens is 351 g/mol. The summed E-state index contributed by atoms with van der Waals surface area (Å²) in [4.78, 5) is 38.8. The van der Waals surface area contributed by atoms with Gasteiger partial charge in [-0.25, -0.2) is 4.79 Å². The van der Waals surface area contributed by atoms with E-state index in [2.05, 4.69) is 19.5 Å². The smallest absolute Gasteiger partial charge is 0.329 e. The van der Waals surface area contributed by atoms with E-state index in [1.807, 2.05) is 18.2 Å². The number of benzene rings is 1. The van der Waals surface area contributed by atoms with Crippen LogP contribution in [0.4, 0.5) is 5.69 Å². The van der Waals surface area contributed by atoms with Crippen molar-refractivity contribution >= 4 is 37.8 Å². The van der Waals surface area contributed by atoms with Gasteiger partial charge in [-0.05, 0) is 43.1 Å². The molecule has 0 bridgehead atoms. The average molecular weight is 374 g/mol. The van der Waals surface area contributed by atoms with Crippen LogP contribution in [0, 0.1) is 0 Å². The molecule has 1 aromatic heterocycles. The fraction of sp³-hybridized carbons (Fsp3) is 0.500. The summed E-state index contributed by atoms with van der Waals surface area (Å²) in [6.07, 6.45) is 2.88. The van der Waals surface area contributed by atoms with Crippen molar-refractivity contribution in [1.29, 1.82) is 0 Å². The zero-order chi connectivity index (χ0) is 18.4. The number of carbonyl (C=O) groups is 2. The normalized spacial score (nSPS) is 22.1. The van der Waals surface area contributed by atoms with Crippen molar-refractivity contribution in [3.8, 4) is 0 Å². The number of aryl methyl sites for hydroxylation is 1. The number of hydrogen-bond donors (Lipinski definition) is 1. The van der Waals surface area contributed by atoms with Crippen molar-refractivity contribution < 1.29 is 9.59 Å². The van der Waals surface area contributed by atoms with Crippen LogP contribution in [0.1, 0.15) is 31.7 Å². The molecule has 2 aromatic rings. The molecule has 0 radical (unpaired) electrons. The Morgan fingerprint density at radius 2 is 1.81 bits per heavy atom. The van der Waals surface area contributed by atoms with Gasteiger partial charge in [0.25, 0.3) is 0 Å². The van der Waals surface area contributed by atoms with Crippen LogP contribution < -0.4 is 15.9 Å². The van der Waals surface area contributed by atoms with E-state index in [1.165, 1.54) is 4.57 Å². The lowest BCUT2D eigenvalue weighted by Gasteiger charge is -2.32. The van der Waals surface area contributed by atoms with Gasteiger partial charge in [-0.1, -0.05) is 0 Å². The minimum Gasteiger partial charge on any atom is -0.371 e. The molecule has 8 heteroatoms. The number of amides is 2. The number of nitrogens with zero attached hydrogens (tertiary/aromatic N) is 3. The van der Waals surface area contributed by atoms with Crippen LogP contribution >= 0.6 is 9.24 Å². The molecule has 2 atom stereocenters. The first-order chi connectivity index (χ1) is 12.5. The van der Waals surface area contributed by atoms with Gasteiger partial charge in [0, 0.05) is 32.2 Å². The van der Waals surface area contributed by atoms with Gasteiger partial charge in [0.2, 0.25) is 11.8 Å². The first kappa shape index (κ1) is 17.3. The van der Waals surface area contributed by atoms with Crippen LogP contribution in [0.5, 0.6) is 0 Å². The number of imide groups is 1. The van der Waals surface area contributed by atoms with Crippen molar-refractivity contribution in [2.75, 3.05) is 18.0 Å². The zero-order valence-corrected chi connectivity index (χ0v) is 15.9. The maximum Gasteiger partial charge on any atom is 0.329 e. The average Bonchev–Trinajstić information content (AvgIpc) is 2.87. The van der Waals surface area contributed by atoms with E-state index >= 15 is 0 Å². The molecule has 2 saturated heterocycles. The Kier molecular flexibility index (Phi) is 4.35. The van der Waals surface area contributed by atoms with E-state index in [0.717, 1.165) is 42.7 Å². The van der Waals surface area contributed by atoms with Crippen LogP contribution in [0.25, 0.3) is 11.0 Å². The number of carbonyl (C=O) groups excluding carboxylic acids is 2. The minimum absolute atomic E-state index is 0.227. The quantitative estimate of drug-likeness (QED) is 0.632. The van der Waals surface area contributed by atoms with Crippen molar-refractivity contribution in [2.45, 2.75) is 37.4 Å². The molecule has 7 nitrogen and oxygen atoms in total. The predicted octanol–water partition coefficient (Wildman–Crippen LogP) is 1.16. The van der Waals surface area contributed by atoms with Gasteiger partial charge in [0.05, 0.1) is 11.0 Å². The summed E-state index contributed by atoms with van der Waals surface area (Å²) in [5.74, 6) is -0.679. The monoisotopic (exact) mass is 374 g/mol. The van der Waals surface area contributed by atoms with Gasteiger partial charge < -0.3 is 4.90 Å². The van der Waals surface area contributed by atoms with E-state index in [9.17, 15) is 14.4 Å². The molecule has 2 aliphatic heterocycles. The summed E-state index contributed by atoms with van der Waals surface area (Å²) in [6.45, 7) is 2.00. The molecule has 0 spiro atoms. The maximum absolute atomic E-state index is 12.8. The Hall–Kier alpha value is -2.14. The molecule has 3 heterocycles. The third-order valence-electron chi connectivity index (χ3n) is 5.50. The number of aromatic nitrogens is 2. The Labute approximate surface area is 153 Å². The van der Waals surface area contributed by atoms with E-state index in [-0.39, 0.29) is 18.0 Å². The van der Waals surface area contributed by atoms with E-state index < -0.39 is 11.9 Å². The third kappa shape index (κ3) is 2.84. The van der Waals surface area contributed by atoms with E-state index in [1.54, 1.807) is 11.6 Å². The fourth-order valence-corrected chi connectivity index (χ4v) is 4.23. The molecule has 4 rings (SSSR count). The van der Waals surface area contributed by atoms with Crippen LogP contribution in [0.2, 0.25) is 0 Å². The van der Waals surface area contributed by atoms with E-state index in [0.29, 0.717) is 12.1 Å². The largest absolute Gasteiger partial charge is 0.371 e. The molecule has 2 aliphatic rings. The standard InChI is InChI=1S/C18H23N4O3P/c1-20-15-10-11(21-8-6-12(26)7-9-21)2-3-13(15)22(18(20)25)14-4-5-16(23)19-17(14)24/h2-3,10,12,14H,4-9,26H2,1H3,(H,19,23,24). The molecule has 1 N–H and O–H groups in total. The summed E-state index contributed by atoms with van der Waals surface area (Å²) in [6, 6.07) is 5.33. The van der Waals surface area contributed by atoms with Gasteiger partial charge in [0.15, 0.2) is 0 Å². The second-order valence-electron chi connectivity index (χ2n) is 7.18. The molecule has 2 fully saturated rings. The Morgan fingerprint density at radius 3 is 2.50 bits per heavy atom. The second kappa shape index (κ2) is 6.54. The van der Waals surface area contributed by atoms with Gasteiger partial charge >= 0.3 is 5.69 Å². The summed E-state index contributed by atoms with van der Waals surface area (Å²) in [5.41, 5.74) is 3.09. The van der Waals surface area contributed by atoms with E-state index in [4.69, 9.17) is 0 Å². The predicted molar refractivity (Wildman–Crippen MR) is 104 cm³/mol. The summed E-state index contributed by atoms with van der Waals surface area (Å²) in [5, 5.41) is 2.34. The van der Waals surface area contributed by atoms with Gasteiger partial charge in [0.1, 0.15) is 6.04 Å². The molecular formula is C18H23N4O3P. The lowest BCUT2D eigenvalue weighted by atomic mass is 10.1. The highest BCUT2D eigenvalue weighted by Gasteiger charge is 2.31. The van der Waals surface area contributed by atoms with Crippen LogP contribution in [0.3, 0.4) is 0 Å². The molecule has 26 heavy (non-hydrogen) atoms. The number of anilines is 1. The molecule has 1 aromatic carbocycles. The highest BCUT2D eigenvalue weighted by molar-refractivity contribution is 7.17. The second-order valence-corrected chi connectivity index (χ2v) is 8.12. The number of rotatable bonds is 2. The SMILES string of the molecule is Cn1c(=O)n(C2CCC(=O)NC2=O)c2ccc(N3CCC(P)CC3)cc21. The summed E-state index contributed by atoms with van der Waals surface area (Å²) < 4.78 is 3.11. The first-order valence-corrected chi connectivity index (χ1v) is 9.67. The number of nitrogens with one attached hydrogen (secondary N) is 1. The van der Waals surface area contributed by atoms with Crippen molar-refractivity contribution in [2.24, 2.45) is 7.05 Å². The zero-order valence-electron chi connectivity index (χ0n) is 14.8. The lowest BCUT2D eigenvalue weighted by Crippen LogP contribution is -2.44. The van der Waals surface area contributed by atoms with Gasteiger partial charge in [-0.2, -0.15) is 0 Å². The number of hydrogen-bond acceptors (Lipinski definition) is 4. The number of fused-ring (bicyclic) bond motifs is 1. The summed E-state index contributed by atoms with van der Waals surface area (Å²) in [7, 11) is 4.63. The van der Waals surface area contributed by atoms with Crippen molar-refractivity contribution in [3.63, 3.8) is 0 Å². The van der Waals surface area contributed by atoms with Gasteiger partial charge in [-0.15, -0.1) is 9.24 Å². The topological polar surface area (TPSA) is 76.3 Å². The Morgan fingerprint density at radius 1 is 1.08 bits per heavy atom. The Bertz CT molecular complexity index is 940. The molecule has 0 saturated carbocycles. The van der Waals surface area contributed by atoms with Crippen molar-refractivity contribution in [1.82, 2.24) is 14.5 Å². The number of imidazole rings is 1. The van der Waals surface area contributed by atoms with Crippen LogP contribution in [0.15, 0.2) is 23.0 Å². The molecule has 2 amide bonds. The summed E-state index contributed by atoms with van der Waals surface area (Å²) >= 11 is 0. The fourth-order valence-electron chi connectivity index (χ4n) is 3.94. The molecule has 138 valence electrons. The third-order valence-corrected chi connectivity index (χ3v) is 6.17. The Balaban J connectivity index is 1.74. The van der Waals surface area contributed by atoms with Gasteiger partial charge in [-0.3, -0.25) is 24.0 Å². The first-order valence-electron chi connectivity index (χ1n) is 9.01. The highest BCUT2D eigenvalue weighted by atomic mass is 31.0. The highest BCUT2D eigenvalue weighted by Crippen LogP contribution is 2.28. The van der Waals surface area contributed by atoms with Crippen molar-refractivity contribution in [3.05, 3.63) is 28.7 Å². The minimum atomic E-state index is -0.636. The number of piperidine rings is 2. The lowest BCUT2D eigenvalue weighted by molar-refractivity contribution is -0.135. The molecule has 2 unspecified atom stereocenters. The van der Waals surface area contributed by atoms with Crippen LogP contribution in [-0.2, 0) is 16.6 Å². The maximum atomic E-state index is 12.8. The molecule has 0 aliphatic carbocycles.